The Labute approximate surface area is 154 Å². The van der Waals surface area contributed by atoms with Crippen LogP contribution in [0.5, 0.6) is 0 Å². The zero-order chi connectivity index (χ0) is 16.1. The van der Waals surface area contributed by atoms with Crippen LogP contribution in [0.2, 0.25) is 0 Å². The van der Waals surface area contributed by atoms with Crippen LogP contribution in [-0.2, 0) is 0 Å². The van der Waals surface area contributed by atoms with Crippen molar-refractivity contribution in [2.75, 3.05) is 26.4 Å². The summed E-state index contributed by atoms with van der Waals surface area (Å²) in [5, 5.41) is 2.33. The highest BCUT2D eigenvalue weighted by Crippen LogP contribution is 2.31. The summed E-state index contributed by atoms with van der Waals surface area (Å²) in [7, 11) is 4.24. The van der Waals surface area contributed by atoms with Crippen LogP contribution < -0.4 is 0 Å². The largest absolute Gasteiger partial charge is 0.309 e. The van der Waals surface area contributed by atoms with Gasteiger partial charge in [0.05, 0.1) is 10.5 Å². The summed E-state index contributed by atoms with van der Waals surface area (Å²) >= 11 is 1.85. The molecule has 2 aromatic carbocycles. The zero-order valence-electron chi connectivity index (χ0n) is 14.1. The van der Waals surface area contributed by atoms with E-state index in [1.165, 1.54) is 22.9 Å². The van der Waals surface area contributed by atoms with Crippen molar-refractivity contribution in [1.82, 2.24) is 9.88 Å². The molecule has 0 unspecified atom stereocenters. The van der Waals surface area contributed by atoms with Crippen LogP contribution >= 0.6 is 24.2 Å². The number of pyridine rings is 1. The van der Waals surface area contributed by atoms with Crippen LogP contribution in [0.3, 0.4) is 0 Å². The van der Waals surface area contributed by atoms with E-state index in [0.29, 0.717) is 0 Å². The highest BCUT2D eigenvalue weighted by atomic mass is 35.5. The first kappa shape index (κ1) is 18.8. The van der Waals surface area contributed by atoms with Crippen molar-refractivity contribution in [3.05, 3.63) is 60.7 Å². The number of nitrogens with zero attached hydrogens (tertiary/aromatic N) is 2. The molecule has 0 fully saturated rings. The van der Waals surface area contributed by atoms with Gasteiger partial charge in [-0.05, 0) is 50.3 Å². The fourth-order valence-electron chi connectivity index (χ4n) is 2.64. The fourth-order valence-corrected chi connectivity index (χ4v) is 3.49. The Morgan fingerprint density at radius 2 is 1.67 bits per heavy atom. The second-order valence-electron chi connectivity index (χ2n) is 5.90. The predicted molar refractivity (Wildman–Crippen MR) is 108 cm³/mol. The van der Waals surface area contributed by atoms with Gasteiger partial charge in [-0.15, -0.1) is 24.2 Å². The lowest BCUT2D eigenvalue weighted by Gasteiger charge is -2.11. The van der Waals surface area contributed by atoms with Gasteiger partial charge in [0.25, 0.3) is 0 Å². The molecule has 0 aliphatic rings. The third kappa shape index (κ3) is 4.73. The van der Waals surface area contributed by atoms with E-state index >= 15 is 0 Å². The van der Waals surface area contributed by atoms with Gasteiger partial charge < -0.3 is 4.90 Å². The highest BCUT2D eigenvalue weighted by Gasteiger charge is 2.08. The predicted octanol–water partition coefficient (Wildman–Crippen LogP) is 5.37. The summed E-state index contributed by atoms with van der Waals surface area (Å²) in [4.78, 5) is 7.05. The highest BCUT2D eigenvalue weighted by molar-refractivity contribution is 7.99. The first-order valence-electron chi connectivity index (χ1n) is 7.97. The molecule has 4 heteroatoms. The third-order valence-electron chi connectivity index (χ3n) is 3.78. The Hall–Kier alpha value is -1.55. The molecule has 126 valence electrons. The van der Waals surface area contributed by atoms with Crippen LogP contribution in [0.25, 0.3) is 22.0 Å². The van der Waals surface area contributed by atoms with Gasteiger partial charge >= 0.3 is 0 Å². The van der Waals surface area contributed by atoms with Gasteiger partial charge in [0.2, 0.25) is 0 Å². The smallest absolute Gasteiger partial charge is 0.0973 e. The Morgan fingerprint density at radius 1 is 0.958 bits per heavy atom. The maximum Gasteiger partial charge on any atom is 0.0973 e. The molecule has 0 aliphatic carbocycles. The molecule has 0 N–H and O–H groups in total. The lowest BCUT2D eigenvalue weighted by molar-refractivity contribution is 0.410. The molecule has 0 saturated carbocycles. The summed E-state index contributed by atoms with van der Waals surface area (Å²) in [5.41, 5.74) is 3.59. The number of para-hydroxylation sites is 1. The number of thioether (sulfide) groups is 1. The molecule has 0 atom stereocenters. The third-order valence-corrected chi connectivity index (χ3v) is 4.77. The number of rotatable bonds is 6. The first-order valence-corrected chi connectivity index (χ1v) is 8.95. The summed E-state index contributed by atoms with van der Waals surface area (Å²) in [6.07, 6.45) is 1.17. The van der Waals surface area contributed by atoms with Crippen molar-refractivity contribution in [3.63, 3.8) is 0 Å². The molecule has 24 heavy (non-hydrogen) atoms. The number of benzene rings is 2. The van der Waals surface area contributed by atoms with Crippen LogP contribution in [0.15, 0.2) is 65.7 Å². The first-order chi connectivity index (χ1) is 11.2. The van der Waals surface area contributed by atoms with Gasteiger partial charge in [-0.1, -0.05) is 48.5 Å². The van der Waals surface area contributed by atoms with E-state index in [1.54, 1.807) is 0 Å². The fraction of sp³-hybridized carbons (Fsp3) is 0.250. The lowest BCUT2D eigenvalue weighted by atomic mass is 10.0. The summed E-state index contributed by atoms with van der Waals surface area (Å²) in [6, 6.07) is 21.2. The summed E-state index contributed by atoms with van der Waals surface area (Å²) in [6.45, 7) is 1.12. The van der Waals surface area contributed by atoms with Crippen molar-refractivity contribution in [2.24, 2.45) is 0 Å². The number of halogens is 1. The van der Waals surface area contributed by atoms with E-state index < -0.39 is 0 Å². The van der Waals surface area contributed by atoms with Crippen molar-refractivity contribution in [2.45, 2.75) is 11.4 Å². The van der Waals surface area contributed by atoms with Crippen LogP contribution in [0, 0.1) is 0 Å². The van der Waals surface area contributed by atoms with Gasteiger partial charge in [0.1, 0.15) is 0 Å². The molecule has 1 aromatic heterocycles. The maximum absolute atomic E-state index is 4.83. The molecular weight excluding hydrogens is 336 g/mol. The Bertz CT molecular complexity index is 775. The minimum absolute atomic E-state index is 0. The van der Waals surface area contributed by atoms with Crippen LogP contribution in [-0.4, -0.2) is 36.3 Å². The average molecular weight is 359 g/mol. The Kier molecular flexibility index (Phi) is 7.10. The van der Waals surface area contributed by atoms with Crippen LogP contribution in [0.1, 0.15) is 6.42 Å². The van der Waals surface area contributed by atoms with Gasteiger partial charge in [0, 0.05) is 11.1 Å². The van der Waals surface area contributed by atoms with E-state index in [1.807, 2.05) is 11.8 Å². The standard InChI is InChI=1S/C20H22N2S.ClH/c1-22(2)13-8-14-23-20-15-18(16-9-4-3-5-10-16)17-11-6-7-12-19(17)21-20;/h3-7,9-12,15H,8,13-14H2,1-2H3;1H. The quantitative estimate of drug-likeness (QED) is 0.435. The molecule has 0 bridgehead atoms. The van der Waals surface area contributed by atoms with Gasteiger partial charge in [0.15, 0.2) is 0 Å². The number of fused-ring (bicyclic) bond motifs is 1. The normalized spacial score (nSPS) is 10.8. The van der Waals surface area contributed by atoms with E-state index in [9.17, 15) is 0 Å². The molecule has 2 nitrogen and oxygen atoms in total. The topological polar surface area (TPSA) is 16.1 Å². The molecule has 0 saturated heterocycles. The van der Waals surface area contributed by atoms with E-state index in [2.05, 4.69) is 79.7 Å². The van der Waals surface area contributed by atoms with Crippen molar-refractivity contribution >= 4 is 35.1 Å². The zero-order valence-corrected chi connectivity index (χ0v) is 15.7. The number of hydrogen-bond donors (Lipinski definition) is 0. The summed E-state index contributed by atoms with van der Waals surface area (Å²) in [5.74, 6) is 1.09. The lowest BCUT2D eigenvalue weighted by Crippen LogP contribution is -2.13. The SMILES string of the molecule is CN(C)CCCSc1cc(-c2ccccc2)c2ccccc2n1.Cl. The van der Waals surface area contributed by atoms with Gasteiger partial charge in [-0.2, -0.15) is 0 Å². The maximum atomic E-state index is 4.83. The molecule has 0 radical (unpaired) electrons. The Balaban J connectivity index is 0.00000208. The monoisotopic (exact) mass is 358 g/mol. The van der Waals surface area contributed by atoms with E-state index in [4.69, 9.17) is 4.98 Å². The van der Waals surface area contributed by atoms with Gasteiger partial charge in [-0.25, -0.2) is 4.98 Å². The minimum atomic E-state index is 0. The van der Waals surface area contributed by atoms with E-state index in [0.717, 1.165) is 22.8 Å². The van der Waals surface area contributed by atoms with Crippen molar-refractivity contribution in [3.8, 4) is 11.1 Å². The van der Waals surface area contributed by atoms with Crippen molar-refractivity contribution < 1.29 is 0 Å². The minimum Gasteiger partial charge on any atom is -0.309 e. The molecule has 1 heterocycles. The second kappa shape index (κ2) is 9.07. The van der Waals surface area contributed by atoms with E-state index in [-0.39, 0.29) is 12.4 Å². The molecule has 0 amide bonds. The molecule has 3 aromatic rings. The molecular formula is C20H23ClN2S. The molecule has 0 aliphatic heterocycles. The average Bonchev–Trinajstić information content (AvgIpc) is 2.58. The Morgan fingerprint density at radius 3 is 2.42 bits per heavy atom. The summed E-state index contributed by atoms with van der Waals surface area (Å²) < 4.78 is 0. The van der Waals surface area contributed by atoms with Crippen LogP contribution in [0.4, 0.5) is 0 Å². The molecule has 3 rings (SSSR count). The van der Waals surface area contributed by atoms with Crippen molar-refractivity contribution in [1.29, 1.82) is 0 Å². The van der Waals surface area contributed by atoms with Gasteiger partial charge in [-0.3, -0.25) is 0 Å². The molecule has 0 spiro atoms. The number of aromatic nitrogens is 1. The second-order valence-corrected chi connectivity index (χ2v) is 7.01. The number of hydrogen-bond acceptors (Lipinski definition) is 3.